The molecule has 21 heavy (non-hydrogen) atoms. The molecule has 0 atom stereocenters. The van der Waals surface area contributed by atoms with E-state index in [0.29, 0.717) is 9.90 Å². The van der Waals surface area contributed by atoms with Crippen LogP contribution >= 0.6 is 11.3 Å². The van der Waals surface area contributed by atoms with Crippen LogP contribution in [0.2, 0.25) is 0 Å². The molecule has 0 fully saturated rings. The number of nitrogens with zero attached hydrogens (tertiary/aromatic N) is 1. The van der Waals surface area contributed by atoms with Gasteiger partial charge in [0.15, 0.2) is 0 Å². The molecule has 0 unspecified atom stereocenters. The predicted molar refractivity (Wildman–Crippen MR) is 81.7 cm³/mol. The Balaban J connectivity index is 1.89. The highest BCUT2D eigenvalue weighted by Gasteiger charge is 2.17. The zero-order valence-corrected chi connectivity index (χ0v) is 13.5. The van der Waals surface area contributed by atoms with Crippen molar-refractivity contribution in [3.63, 3.8) is 0 Å². The topological polar surface area (TPSA) is 84.2 Å². The molecule has 0 aliphatic carbocycles. The molecule has 2 rings (SSSR count). The van der Waals surface area contributed by atoms with E-state index in [4.69, 9.17) is 0 Å². The summed E-state index contributed by atoms with van der Waals surface area (Å²) in [5.74, 6) is 0. The second-order valence-electron chi connectivity index (χ2n) is 4.54. The van der Waals surface area contributed by atoms with E-state index in [1.165, 1.54) is 17.6 Å². The Kier molecular flexibility index (Phi) is 5.92. The van der Waals surface area contributed by atoms with E-state index in [1.807, 2.05) is 6.07 Å². The first-order chi connectivity index (χ1) is 10.1. The number of hydrogen-bond acceptors (Lipinski definition) is 6. The minimum absolute atomic E-state index is 0.129. The minimum atomic E-state index is -3.48. The highest BCUT2D eigenvalue weighted by Crippen LogP contribution is 2.21. The van der Waals surface area contributed by atoms with Crippen LogP contribution in [0.25, 0.3) is 0 Å². The van der Waals surface area contributed by atoms with Gasteiger partial charge in [-0.15, -0.1) is 11.3 Å². The number of rotatable bonds is 9. The maximum Gasteiger partial charge on any atom is 0.250 e. The van der Waals surface area contributed by atoms with Crippen molar-refractivity contribution in [2.75, 3.05) is 13.1 Å². The molecule has 0 aliphatic heterocycles. The number of aromatic nitrogens is 1. The molecule has 8 heteroatoms. The van der Waals surface area contributed by atoms with Gasteiger partial charge in [0.2, 0.25) is 10.0 Å². The molecule has 0 saturated carbocycles. The number of nitrogens with one attached hydrogen (secondary N) is 2. The van der Waals surface area contributed by atoms with Crippen LogP contribution in [-0.2, 0) is 23.0 Å². The monoisotopic (exact) mass is 329 g/mol. The lowest BCUT2D eigenvalue weighted by atomic mass is 10.3. The van der Waals surface area contributed by atoms with E-state index >= 15 is 0 Å². The molecule has 2 aromatic heterocycles. The van der Waals surface area contributed by atoms with Gasteiger partial charge in [0.1, 0.15) is 10.5 Å². The van der Waals surface area contributed by atoms with Crippen molar-refractivity contribution >= 4 is 21.4 Å². The van der Waals surface area contributed by atoms with Crippen molar-refractivity contribution in [3.05, 3.63) is 35.0 Å². The Hall–Kier alpha value is -1.22. The maximum atomic E-state index is 12.1. The zero-order valence-electron chi connectivity index (χ0n) is 11.8. The van der Waals surface area contributed by atoms with Crippen LogP contribution in [0.4, 0.5) is 0 Å². The summed E-state index contributed by atoms with van der Waals surface area (Å²) < 4.78 is 31.8. The Labute approximate surface area is 128 Å². The average Bonchev–Trinajstić information content (AvgIpc) is 3.13. The van der Waals surface area contributed by atoms with E-state index < -0.39 is 10.0 Å². The summed E-state index contributed by atoms with van der Waals surface area (Å²) in [6.45, 7) is 4.09. The first-order valence-electron chi connectivity index (χ1n) is 6.80. The summed E-state index contributed by atoms with van der Waals surface area (Å²) in [5.41, 5.74) is 0.555. The summed E-state index contributed by atoms with van der Waals surface area (Å²) >= 11 is 1.30. The molecule has 0 aliphatic rings. The molecule has 6 nitrogen and oxygen atoms in total. The molecule has 116 valence electrons. The lowest BCUT2D eigenvalue weighted by Gasteiger charge is -2.02. The maximum absolute atomic E-state index is 12.1. The fraction of sp³-hybridized carbons (Fsp3) is 0.462. The molecule has 2 aromatic rings. The summed E-state index contributed by atoms with van der Waals surface area (Å²) in [6.07, 6.45) is 3.34. The van der Waals surface area contributed by atoms with Crippen molar-refractivity contribution in [3.8, 4) is 0 Å². The van der Waals surface area contributed by atoms with E-state index in [1.54, 1.807) is 12.1 Å². The lowest BCUT2D eigenvalue weighted by Crippen LogP contribution is -2.22. The van der Waals surface area contributed by atoms with Crippen LogP contribution in [0.5, 0.6) is 0 Å². The minimum Gasteiger partial charge on any atom is -0.364 e. The fourth-order valence-electron chi connectivity index (χ4n) is 1.72. The van der Waals surface area contributed by atoms with E-state index in [0.717, 1.165) is 30.8 Å². The van der Waals surface area contributed by atoms with Gasteiger partial charge in [-0.3, -0.25) is 0 Å². The van der Waals surface area contributed by atoms with Gasteiger partial charge >= 0.3 is 0 Å². The van der Waals surface area contributed by atoms with Gasteiger partial charge in [0, 0.05) is 10.9 Å². The molecule has 0 saturated heterocycles. The highest BCUT2D eigenvalue weighted by atomic mass is 32.2. The quantitative estimate of drug-likeness (QED) is 0.685. The van der Waals surface area contributed by atoms with Crippen molar-refractivity contribution in [1.29, 1.82) is 0 Å². The molecule has 0 aromatic carbocycles. The first kappa shape index (κ1) is 16.2. The SMILES string of the molecule is CCCNCCc1ccc(S(=O)(=O)NCc2ccon2)s1. The summed E-state index contributed by atoms with van der Waals surface area (Å²) in [7, 11) is -3.48. The van der Waals surface area contributed by atoms with Crippen molar-refractivity contribution in [2.24, 2.45) is 0 Å². The molecule has 2 N–H and O–H groups in total. The normalized spacial score (nSPS) is 11.9. The third-order valence-electron chi connectivity index (χ3n) is 2.81. The van der Waals surface area contributed by atoms with Gasteiger partial charge in [-0.1, -0.05) is 12.1 Å². The fourth-order valence-corrected chi connectivity index (χ4v) is 4.12. The second kappa shape index (κ2) is 7.69. The van der Waals surface area contributed by atoms with Crippen molar-refractivity contribution in [2.45, 2.75) is 30.5 Å². The number of thiophene rings is 1. The Morgan fingerprint density at radius 2 is 2.14 bits per heavy atom. The van der Waals surface area contributed by atoms with E-state index in [2.05, 4.69) is 26.6 Å². The molecule has 0 bridgehead atoms. The largest absolute Gasteiger partial charge is 0.364 e. The smallest absolute Gasteiger partial charge is 0.250 e. The van der Waals surface area contributed by atoms with Gasteiger partial charge < -0.3 is 9.84 Å². The van der Waals surface area contributed by atoms with Crippen LogP contribution in [0.15, 0.2) is 33.2 Å². The Bertz CT molecular complexity index is 635. The first-order valence-corrected chi connectivity index (χ1v) is 9.10. The lowest BCUT2D eigenvalue weighted by molar-refractivity contribution is 0.411. The molecule has 0 amide bonds. The molecule has 2 heterocycles. The average molecular weight is 329 g/mol. The zero-order chi connectivity index (χ0) is 15.1. The predicted octanol–water partition coefficient (Wildman–Crippen LogP) is 1.76. The summed E-state index contributed by atoms with van der Waals surface area (Å²) in [6, 6.07) is 5.13. The second-order valence-corrected chi connectivity index (χ2v) is 7.70. The standard InChI is InChI=1S/C13H19N3O3S2/c1-2-7-14-8-5-12-3-4-13(20-12)21(17,18)15-10-11-6-9-19-16-11/h3-4,6,9,14-15H,2,5,7-8,10H2,1H3. The van der Waals surface area contributed by atoms with Crippen LogP contribution < -0.4 is 10.0 Å². The number of sulfonamides is 1. The van der Waals surface area contributed by atoms with Gasteiger partial charge in [-0.05, 0) is 38.1 Å². The van der Waals surface area contributed by atoms with Crippen LogP contribution in [0, 0.1) is 0 Å². The molecular weight excluding hydrogens is 310 g/mol. The molecular formula is C13H19N3O3S2. The van der Waals surface area contributed by atoms with Crippen molar-refractivity contribution < 1.29 is 12.9 Å². The van der Waals surface area contributed by atoms with Crippen LogP contribution in [0.1, 0.15) is 23.9 Å². The van der Waals surface area contributed by atoms with Gasteiger partial charge in [-0.2, -0.15) is 0 Å². The van der Waals surface area contributed by atoms with E-state index in [9.17, 15) is 8.42 Å². The summed E-state index contributed by atoms with van der Waals surface area (Å²) in [4.78, 5) is 1.06. The van der Waals surface area contributed by atoms with Crippen LogP contribution in [0.3, 0.4) is 0 Å². The molecule has 0 spiro atoms. The third kappa shape index (κ3) is 4.92. The van der Waals surface area contributed by atoms with Gasteiger partial charge in [0.05, 0.1) is 12.2 Å². The van der Waals surface area contributed by atoms with Gasteiger partial charge in [-0.25, -0.2) is 13.1 Å². The van der Waals surface area contributed by atoms with Gasteiger partial charge in [0.25, 0.3) is 0 Å². The number of hydrogen-bond donors (Lipinski definition) is 2. The van der Waals surface area contributed by atoms with E-state index in [-0.39, 0.29) is 6.54 Å². The molecule has 0 radical (unpaired) electrons. The highest BCUT2D eigenvalue weighted by molar-refractivity contribution is 7.91. The Morgan fingerprint density at radius 3 is 2.86 bits per heavy atom. The van der Waals surface area contributed by atoms with Crippen LogP contribution in [-0.4, -0.2) is 26.7 Å². The third-order valence-corrected chi connectivity index (χ3v) is 5.85. The Morgan fingerprint density at radius 1 is 1.29 bits per heavy atom. The summed E-state index contributed by atoms with van der Waals surface area (Å²) in [5, 5.41) is 6.97. The van der Waals surface area contributed by atoms with Crippen molar-refractivity contribution in [1.82, 2.24) is 15.2 Å².